The lowest BCUT2D eigenvalue weighted by Gasteiger charge is -2.10. The Bertz CT molecular complexity index is 950. The lowest BCUT2D eigenvalue weighted by molar-refractivity contribution is 0.102. The third-order valence-corrected chi connectivity index (χ3v) is 4.07. The van der Waals surface area contributed by atoms with Crippen molar-refractivity contribution < 1.29 is 18.7 Å². The number of urea groups is 1. The highest BCUT2D eigenvalue weighted by Crippen LogP contribution is 2.20. The summed E-state index contributed by atoms with van der Waals surface area (Å²) in [4.78, 5) is 24.3. The first-order valence-corrected chi connectivity index (χ1v) is 8.68. The van der Waals surface area contributed by atoms with Crippen LogP contribution in [0.4, 0.5) is 16.2 Å². The number of methoxy groups -OCH3 is 1. The summed E-state index contributed by atoms with van der Waals surface area (Å²) in [5.74, 6) is 1.09. The number of hydrogen-bond acceptors (Lipinski definition) is 4. The minimum absolute atomic E-state index is 0.241. The molecule has 0 radical (unpaired) electrons. The number of amides is 3. The molecule has 7 nitrogen and oxygen atoms in total. The number of carbonyl (C=O) groups excluding carboxylic acids is 2. The Morgan fingerprint density at radius 2 is 1.71 bits per heavy atom. The van der Waals surface area contributed by atoms with E-state index in [1.807, 2.05) is 13.0 Å². The van der Waals surface area contributed by atoms with Crippen molar-refractivity contribution in [2.24, 2.45) is 0 Å². The largest absolute Gasteiger partial charge is 0.496 e. The van der Waals surface area contributed by atoms with Crippen LogP contribution in [0.3, 0.4) is 0 Å². The third-order valence-electron chi connectivity index (χ3n) is 4.07. The van der Waals surface area contributed by atoms with E-state index < -0.39 is 0 Å². The van der Waals surface area contributed by atoms with E-state index in [2.05, 4.69) is 16.0 Å². The minimum Gasteiger partial charge on any atom is -0.496 e. The topological polar surface area (TPSA) is 92.6 Å². The molecule has 7 heteroatoms. The van der Waals surface area contributed by atoms with Crippen molar-refractivity contribution in [2.45, 2.75) is 13.5 Å². The van der Waals surface area contributed by atoms with Crippen molar-refractivity contribution in [1.29, 1.82) is 0 Å². The predicted molar refractivity (Wildman–Crippen MR) is 107 cm³/mol. The first kappa shape index (κ1) is 19.0. The van der Waals surface area contributed by atoms with Crippen LogP contribution in [0.1, 0.15) is 21.7 Å². The normalized spacial score (nSPS) is 10.2. The molecule has 3 rings (SSSR count). The average Bonchev–Trinajstić information content (AvgIpc) is 3.22. The second-order valence-electron chi connectivity index (χ2n) is 6.10. The van der Waals surface area contributed by atoms with Crippen molar-refractivity contribution in [3.8, 4) is 5.75 Å². The van der Waals surface area contributed by atoms with Crippen molar-refractivity contribution in [3.05, 3.63) is 77.7 Å². The molecule has 3 amide bonds. The fourth-order valence-electron chi connectivity index (χ4n) is 2.56. The van der Waals surface area contributed by atoms with Gasteiger partial charge in [-0.3, -0.25) is 4.79 Å². The van der Waals surface area contributed by atoms with Gasteiger partial charge in [-0.1, -0.05) is 6.07 Å². The maximum absolute atomic E-state index is 12.4. The van der Waals surface area contributed by atoms with Crippen LogP contribution in [0.2, 0.25) is 0 Å². The van der Waals surface area contributed by atoms with Gasteiger partial charge in [0.1, 0.15) is 11.5 Å². The van der Waals surface area contributed by atoms with Crippen LogP contribution in [0.25, 0.3) is 0 Å². The number of rotatable bonds is 6. The Hall–Kier alpha value is -3.74. The van der Waals surface area contributed by atoms with Crippen molar-refractivity contribution in [1.82, 2.24) is 5.32 Å². The SMILES string of the molecule is COc1cc(C(=O)Nc2ccc(NC(=O)NCc3ccco3)cc2)ccc1C. The molecule has 2 aromatic carbocycles. The monoisotopic (exact) mass is 379 g/mol. The summed E-state index contributed by atoms with van der Waals surface area (Å²) in [6, 6.07) is 15.3. The zero-order chi connectivity index (χ0) is 19.9. The first-order valence-electron chi connectivity index (χ1n) is 8.68. The molecule has 0 atom stereocenters. The van der Waals surface area contributed by atoms with Gasteiger partial charge in [-0.05, 0) is 61.0 Å². The van der Waals surface area contributed by atoms with Crippen LogP contribution in [0.15, 0.2) is 65.3 Å². The highest BCUT2D eigenvalue weighted by atomic mass is 16.5. The molecule has 0 unspecified atom stereocenters. The van der Waals surface area contributed by atoms with E-state index in [4.69, 9.17) is 9.15 Å². The number of benzene rings is 2. The molecule has 0 fully saturated rings. The molecule has 0 bridgehead atoms. The molecule has 0 aliphatic rings. The van der Waals surface area contributed by atoms with E-state index in [0.717, 1.165) is 5.56 Å². The number of nitrogens with one attached hydrogen (secondary N) is 3. The highest BCUT2D eigenvalue weighted by Gasteiger charge is 2.09. The van der Waals surface area contributed by atoms with Gasteiger partial charge in [0.2, 0.25) is 0 Å². The maximum Gasteiger partial charge on any atom is 0.319 e. The van der Waals surface area contributed by atoms with Gasteiger partial charge < -0.3 is 25.1 Å². The summed E-state index contributed by atoms with van der Waals surface area (Å²) in [6.07, 6.45) is 1.55. The molecule has 1 aromatic heterocycles. The number of furan rings is 1. The van der Waals surface area contributed by atoms with Crippen molar-refractivity contribution >= 4 is 23.3 Å². The standard InChI is InChI=1S/C21H21N3O4/c1-14-5-6-15(12-19(14)27-2)20(25)23-16-7-9-17(10-8-16)24-21(26)22-13-18-4-3-11-28-18/h3-12H,13H2,1-2H3,(H,23,25)(H2,22,24,26). The summed E-state index contributed by atoms with van der Waals surface area (Å²) in [7, 11) is 1.57. The Labute approximate surface area is 162 Å². The molecule has 144 valence electrons. The zero-order valence-corrected chi connectivity index (χ0v) is 15.6. The van der Waals surface area contributed by atoms with E-state index in [9.17, 15) is 9.59 Å². The van der Waals surface area contributed by atoms with Crippen LogP contribution < -0.4 is 20.7 Å². The van der Waals surface area contributed by atoms with Gasteiger partial charge >= 0.3 is 6.03 Å². The van der Waals surface area contributed by atoms with E-state index in [1.165, 1.54) is 0 Å². The van der Waals surface area contributed by atoms with Crippen molar-refractivity contribution in [2.75, 3.05) is 17.7 Å². The number of hydrogen-bond donors (Lipinski definition) is 3. The predicted octanol–water partition coefficient (Wildman–Crippen LogP) is 4.17. The van der Waals surface area contributed by atoms with Gasteiger partial charge in [0.15, 0.2) is 0 Å². The Morgan fingerprint density at radius 3 is 2.36 bits per heavy atom. The Balaban J connectivity index is 1.55. The highest BCUT2D eigenvalue weighted by molar-refractivity contribution is 6.04. The van der Waals surface area contributed by atoms with E-state index in [0.29, 0.717) is 35.0 Å². The molecule has 0 aliphatic carbocycles. The van der Waals surface area contributed by atoms with Gasteiger partial charge in [0.05, 0.1) is 19.9 Å². The minimum atomic E-state index is -0.347. The van der Waals surface area contributed by atoms with Gasteiger partial charge in [0, 0.05) is 16.9 Å². The lowest BCUT2D eigenvalue weighted by atomic mass is 10.1. The number of aryl methyl sites for hydroxylation is 1. The fraction of sp³-hybridized carbons (Fsp3) is 0.143. The molecule has 0 aliphatic heterocycles. The number of carbonyl (C=O) groups is 2. The molecule has 0 spiro atoms. The molecule has 28 heavy (non-hydrogen) atoms. The third kappa shape index (κ3) is 4.91. The number of anilines is 2. The van der Waals surface area contributed by atoms with Crippen LogP contribution in [0.5, 0.6) is 5.75 Å². The Kier molecular flexibility index (Phi) is 5.96. The molecular formula is C21H21N3O4. The van der Waals surface area contributed by atoms with E-state index in [1.54, 1.807) is 61.9 Å². The van der Waals surface area contributed by atoms with Gasteiger partial charge in [-0.2, -0.15) is 0 Å². The van der Waals surface area contributed by atoms with Crippen LogP contribution in [0, 0.1) is 6.92 Å². The van der Waals surface area contributed by atoms with Crippen molar-refractivity contribution in [3.63, 3.8) is 0 Å². The van der Waals surface area contributed by atoms with Crippen LogP contribution in [-0.2, 0) is 6.54 Å². The fourth-order valence-corrected chi connectivity index (χ4v) is 2.56. The van der Waals surface area contributed by atoms with E-state index >= 15 is 0 Å². The molecule has 3 N–H and O–H groups in total. The smallest absolute Gasteiger partial charge is 0.319 e. The van der Waals surface area contributed by atoms with E-state index in [-0.39, 0.29) is 11.9 Å². The molecule has 0 saturated heterocycles. The zero-order valence-electron chi connectivity index (χ0n) is 15.6. The summed E-state index contributed by atoms with van der Waals surface area (Å²) < 4.78 is 10.4. The molecule has 0 saturated carbocycles. The van der Waals surface area contributed by atoms with Gasteiger partial charge in [-0.15, -0.1) is 0 Å². The molecule has 1 heterocycles. The summed E-state index contributed by atoms with van der Waals surface area (Å²) in [5.41, 5.74) is 2.68. The second kappa shape index (κ2) is 8.77. The first-order chi connectivity index (χ1) is 13.5. The van der Waals surface area contributed by atoms with Gasteiger partial charge in [-0.25, -0.2) is 4.79 Å². The second-order valence-corrected chi connectivity index (χ2v) is 6.10. The van der Waals surface area contributed by atoms with Crippen LogP contribution in [-0.4, -0.2) is 19.0 Å². The van der Waals surface area contributed by atoms with Gasteiger partial charge in [0.25, 0.3) is 5.91 Å². The average molecular weight is 379 g/mol. The summed E-state index contributed by atoms with van der Waals surface area (Å²) >= 11 is 0. The number of ether oxygens (including phenoxy) is 1. The Morgan fingerprint density at radius 1 is 1.00 bits per heavy atom. The summed E-state index contributed by atoms with van der Waals surface area (Å²) in [5, 5.41) is 8.23. The maximum atomic E-state index is 12.4. The lowest BCUT2D eigenvalue weighted by Crippen LogP contribution is -2.27. The quantitative estimate of drug-likeness (QED) is 0.599. The molecule has 3 aromatic rings. The summed E-state index contributed by atoms with van der Waals surface area (Å²) in [6.45, 7) is 2.21. The molecular weight excluding hydrogens is 358 g/mol. The van der Waals surface area contributed by atoms with Crippen LogP contribution >= 0.6 is 0 Å².